The Morgan fingerprint density at radius 1 is 0.865 bits per heavy atom. The highest BCUT2D eigenvalue weighted by atomic mass is 16.5. The van der Waals surface area contributed by atoms with Crippen molar-refractivity contribution in [3.05, 3.63) is 78.6 Å². The molecule has 0 saturated carbocycles. The normalized spacial score (nSPS) is 11.1. The fourth-order valence-electron chi connectivity index (χ4n) is 3.92. The van der Waals surface area contributed by atoms with Crippen molar-refractivity contribution < 1.29 is 19.1 Å². The molecule has 0 spiro atoms. The molecule has 0 saturated heterocycles. The zero-order valence-corrected chi connectivity index (χ0v) is 21.5. The number of hydrogen-bond acceptors (Lipinski definition) is 5. The number of benzene rings is 3. The van der Waals surface area contributed by atoms with Crippen LogP contribution in [-0.4, -0.2) is 24.0 Å². The number of carbonyl (C=O) groups excluding carboxylic acids is 2. The molecule has 8 heteroatoms. The molecular weight excluding hydrogens is 468 g/mol. The fraction of sp³-hybridized carbons (Fsp3) is 0.207. The second-order valence-electron chi connectivity index (χ2n) is 9.56. The number of rotatable bonds is 6. The number of methoxy groups -OCH3 is 1. The second-order valence-corrected chi connectivity index (χ2v) is 9.56. The van der Waals surface area contributed by atoms with Crippen LogP contribution in [-0.2, 0) is 10.2 Å². The van der Waals surface area contributed by atoms with Gasteiger partial charge in [0.1, 0.15) is 5.75 Å². The molecule has 37 heavy (non-hydrogen) atoms. The van der Waals surface area contributed by atoms with Crippen LogP contribution in [0.15, 0.2) is 73.1 Å². The van der Waals surface area contributed by atoms with Crippen molar-refractivity contribution in [2.45, 2.75) is 33.1 Å². The van der Waals surface area contributed by atoms with E-state index in [4.69, 9.17) is 9.47 Å². The van der Waals surface area contributed by atoms with Gasteiger partial charge in [-0.3, -0.25) is 9.78 Å². The van der Waals surface area contributed by atoms with Crippen molar-refractivity contribution >= 4 is 39.8 Å². The number of nitrogens with zero attached hydrogens (tertiary/aromatic N) is 1. The molecule has 8 nitrogen and oxygen atoms in total. The quantitative estimate of drug-likeness (QED) is 0.267. The van der Waals surface area contributed by atoms with Crippen molar-refractivity contribution in [1.82, 2.24) is 4.98 Å². The highest BCUT2D eigenvalue weighted by molar-refractivity contribution is 6.09. The molecule has 3 aromatic carbocycles. The van der Waals surface area contributed by atoms with E-state index in [9.17, 15) is 9.59 Å². The lowest BCUT2D eigenvalue weighted by molar-refractivity contribution is -0.114. The van der Waals surface area contributed by atoms with Crippen LogP contribution < -0.4 is 25.4 Å². The van der Waals surface area contributed by atoms with E-state index in [0.29, 0.717) is 34.3 Å². The summed E-state index contributed by atoms with van der Waals surface area (Å²) in [6, 6.07) is 18.2. The Morgan fingerprint density at radius 3 is 2.19 bits per heavy atom. The highest BCUT2D eigenvalue weighted by Gasteiger charge is 2.22. The monoisotopic (exact) mass is 498 g/mol. The maximum absolute atomic E-state index is 13.4. The summed E-state index contributed by atoms with van der Waals surface area (Å²) in [5.41, 5.74) is 2.09. The molecule has 190 valence electrons. The third-order valence-corrected chi connectivity index (χ3v) is 5.72. The SMILES string of the molecule is COc1c(NC(C)=O)cc(C(C)(C)C)cc1NC(=O)Nc1c(Oc2ccncc2)ccc2ccccc12. The third kappa shape index (κ3) is 5.98. The van der Waals surface area contributed by atoms with Crippen LogP contribution in [0, 0.1) is 0 Å². The first-order chi connectivity index (χ1) is 17.7. The number of ether oxygens (including phenoxy) is 2. The van der Waals surface area contributed by atoms with Gasteiger partial charge in [-0.05, 0) is 46.7 Å². The number of fused-ring (bicyclic) bond motifs is 1. The van der Waals surface area contributed by atoms with Crippen molar-refractivity contribution in [2.75, 3.05) is 23.1 Å². The van der Waals surface area contributed by atoms with Gasteiger partial charge in [0.2, 0.25) is 5.91 Å². The molecule has 0 aliphatic carbocycles. The summed E-state index contributed by atoms with van der Waals surface area (Å²) in [5.74, 6) is 1.18. The molecule has 0 radical (unpaired) electrons. The Kier molecular flexibility index (Phi) is 7.29. The van der Waals surface area contributed by atoms with E-state index < -0.39 is 6.03 Å². The van der Waals surface area contributed by atoms with E-state index in [1.165, 1.54) is 14.0 Å². The number of aromatic nitrogens is 1. The van der Waals surface area contributed by atoms with E-state index >= 15 is 0 Å². The smallest absolute Gasteiger partial charge is 0.323 e. The van der Waals surface area contributed by atoms with E-state index in [0.717, 1.165) is 16.3 Å². The maximum Gasteiger partial charge on any atom is 0.323 e. The maximum atomic E-state index is 13.4. The molecule has 0 aliphatic heterocycles. The topological polar surface area (TPSA) is 102 Å². The Labute approximate surface area is 216 Å². The molecule has 1 heterocycles. The van der Waals surface area contributed by atoms with Crippen molar-refractivity contribution in [3.8, 4) is 17.2 Å². The van der Waals surface area contributed by atoms with Crippen LogP contribution >= 0.6 is 0 Å². The lowest BCUT2D eigenvalue weighted by Gasteiger charge is -2.24. The van der Waals surface area contributed by atoms with Crippen molar-refractivity contribution in [1.29, 1.82) is 0 Å². The first kappa shape index (κ1) is 25.5. The summed E-state index contributed by atoms with van der Waals surface area (Å²) < 4.78 is 11.7. The standard InChI is InChI=1S/C29H30N4O4/c1-18(34)31-23-16-20(29(2,3)4)17-24(27(23)36-5)32-28(35)33-26-22-9-7-6-8-19(22)10-11-25(26)37-21-12-14-30-15-13-21/h6-17H,1-5H3,(H,31,34)(H2,32,33,35). The Bertz CT molecular complexity index is 1450. The minimum absolute atomic E-state index is 0.242. The molecule has 0 aliphatic rings. The summed E-state index contributed by atoms with van der Waals surface area (Å²) in [6.45, 7) is 7.58. The first-order valence-corrected chi connectivity index (χ1v) is 11.8. The summed E-state index contributed by atoms with van der Waals surface area (Å²) in [7, 11) is 1.49. The molecule has 1 aromatic heterocycles. The molecule has 4 rings (SSSR count). The van der Waals surface area contributed by atoms with Crippen molar-refractivity contribution in [3.63, 3.8) is 0 Å². The zero-order valence-electron chi connectivity index (χ0n) is 21.5. The molecule has 3 amide bonds. The fourth-order valence-corrected chi connectivity index (χ4v) is 3.92. The van der Waals surface area contributed by atoms with Crippen LogP contribution in [0.2, 0.25) is 0 Å². The number of anilines is 3. The van der Waals surface area contributed by atoms with Gasteiger partial charge in [0.15, 0.2) is 11.5 Å². The van der Waals surface area contributed by atoms with Crippen LogP contribution in [0.3, 0.4) is 0 Å². The van der Waals surface area contributed by atoms with E-state index in [1.807, 2.05) is 48.5 Å². The van der Waals surface area contributed by atoms with Gasteiger partial charge in [0.25, 0.3) is 0 Å². The lowest BCUT2D eigenvalue weighted by Crippen LogP contribution is -2.22. The number of carbonyl (C=O) groups is 2. The van der Waals surface area contributed by atoms with Gasteiger partial charge in [-0.15, -0.1) is 0 Å². The molecular formula is C29H30N4O4. The van der Waals surface area contributed by atoms with Gasteiger partial charge >= 0.3 is 6.03 Å². The average Bonchev–Trinajstić information content (AvgIpc) is 2.85. The lowest BCUT2D eigenvalue weighted by atomic mass is 9.86. The average molecular weight is 499 g/mol. The Morgan fingerprint density at radius 2 is 1.54 bits per heavy atom. The minimum Gasteiger partial charge on any atom is -0.492 e. The minimum atomic E-state index is -0.492. The summed E-state index contributed by atoms with van der Waals surface area (Å²) in [4.78, 5) is 29.2. The summed E-state index contributed by atoms with van der Waals surface area (Å²) >= 11 is 0. The number of amides is 3. The number of hydrogen-bond donors (Lipinski definition) is 3. The number of pyridine rings is 1. The van der Waals surface area contributed by atoms with Gasteiger partial charge in [-0.2, -0.15) is 0 Å². The van der Waals surface area contributed by atoms with E-state index in [2.05, 4.69) is 41.7 Å². The van der Waals surface area contributed by atoms with E-state index in [1.54, 1.807) is 24.5 Å². The molecule has 0 unspecified atom stereocenters. The zero-order chi connectivity index (χ0) is 26.6. The van der Waals surface area contributed by atoms with Gasteiger partial charge in [0.05, 0.1) is 24.2 Å². The van der Waals surface area contributed by atoms with Gasteiger partial charge in [-0.1, -0.05) is 51.1 Å². The molecule has 0 fully saturated rings. The number of nitrogens with one attached hydrogen (secondary N) is 3. The molecule has 0 atom stereocenters. The van der Waals surface area contributed by atoms with E-state index in [-0.39, 0.29) is 11.3 Å². The summed E-state index contributed by atoms with van der Waals surface area (Å²) in [6.07, 6.45) is 3.27. The number of urea groups is 1. The van der Waals surface area contributed by atoms with Crippen molar-refractivity contribution in [2.24, 2.45) is 0 Å². The first-order valence-electron chi connectivity index (χ1n) is 11.8. The molecule has 4 aromatic rings. The van der Waals surface area contributed by atoms with Gasteiger partial charge < -0.3 is 25.4 Å². The van der Waals surface area contributed by atoms with Crippen LogP contribution in [0.5, 0.6) is 17.2 Å². The highest BCUT2D eigenvalue weighted by Crippen LogP contribution is 2.40. The Hall–Kier alpha value is -4.59. The van der Waals surface area contributed by atoms with Crippen LogP contribution in [0.25, 0.3) is 10.8 Å². The van der Waals surface area contributed by atoms with Gasteiger partial charge in [-0.25, -0.2) is 4.79 Å². The third-order valence-electron chi connectivity index (χ3n) is 5.72. The predicted octanol–water partition coefficient (Wildman–Crippen LogP) is 6.94. The molecule has 3 N–H and O–H groups in total. The largest absolute Gasteiger partial charge is 0.492 e. The second kappa shape index (κ2) is 10.6. The van der Waals surface area contributed by atoms with Gasteiger partial charge in [0, 0.05) is 24.7 Å². The predicted molar refractivity (Wildman–Crippen MR) is 147 cm³/mol. The van der Waals surface area contributed by atoms with Crippen LogP contribution in [0.1, 0.15) is 33.3 Å². The summed E-state index contributed by atoms with van der Waals surface area (Å²) in [5, 5.41) is 10.4. The Balaban J connectivity index is 1.72. The molecule has 0 bridgehead atoms. The van der Waals surface area contributed by atoms with Crippen LogP contribution in [0.4, 0.5) is 21.9 Å².